The molecule has 1 saturated carbocycles. The maximum Gasteiger partial charge on any atom is 0.0741 e. The van der Waals surface area contributed by atoms with Gasteiger partial charge in [-0.15, -0.1) is 0 Å². The van der Waals surface area contributed by atoms with E-state index in [0.717, 1.165) is 12.5 Å². The van der Waals surface area contributed by atoms with Crippen LogP contribution in [-0.2, 0) is 0 Å². The molecule has 0 aromatic rings. The third-order valence-electron chi connectivity index (χ3n) is 3.50. The van der Waals surface area contributed by atoms with Crippen molar-refractivity contribution in [2.24, 2.45) is 5.92 Å². The summed E-state index contributed by atoms with van der Waals surface area (Å²) in [6.07, 6.45) is 6.93. The smallest absolute Gasteiger partial charge is 0.0741 e. The minimum atomic E-state index is -0.603. The molecule has 1 rings (SSSR count). The van der Waals surface area contributed by atoms with Gasteiger partial charge in [0.2, 0.25) is 0 Å². The Balaban J connectivity index is 2.19. The van der Waals surface area contributed by atoms with E-state index in [9.17, 15) is 5.11 Å². The third-order valence-corrected chi connectivity index (χ3v) is 3.50. The summed E-state index contributed by atoms with van der Waals surface area (Å²) in [5.41, 5.74) is -0.603. The summed E-state index contributed by atoms with van der Waals surface area (Å²) >= 11 is 0. The van der Waals surface area contributed by atoms with Gasteiger partial charge in [-0.2, -0.15) is 0 Å². The lowest BCUT2D eigenvalue weighted by atomic mass is 9.88. The SMILES string of the molecule is CC(NCC1CCCCC1)C(C)(C)O. The molecule has 14 heavy (non-hydrogen) atoms. The van der Waals surface area contributed by atoms with Gasteiger partial charge in [-0.05, 0) is 46.1 Å². The number of aliphatic hydroxyl groups is 1. The fourth-order valence-electron chi connectivity index (χ4n) is 1.98. The summed E-state index contributed by atoms with van der Waals surface area (Å²) in [5, 5.41) is 13.2. The fraction of sp³-hybridized carbons (Fsp3) is 1.00. The Hall–Kier alpha value is -0.0800. The topological polar surface area (TPSA) is 32.3 Å². The normalized spacial score (nSPS) is 22.3. The average Bonchev–Trinajstić information content (AvgIpc) is 2.14. The van der Waals surface area contributed by atoms with E-state index >= 15 is 0 Å². The summed E-state index contributed by atoms with van der Waals surface area (Å²) in [7, 11) is 0. The molecule has 0 aliphatic heterocycles. The zero-order chi connectivity index (χ0) is 10.6. The third kappa shape index (κ3) is 3.97. The van der Waals surface area contributed by atoms with Crippen molar-refractivity contribution >= 4 is 0 Å². The van der Waals surface area contributed by atoms with Crippen molar-refractivity contribution in [1.82, 2.24) is 5.32 Å². The number of nitrogens with one attached hydrogen (secondary N) is 1. The van der Waals surface area contributed by atoms with Gasteiger partial charge >= 0.3 is 0 Å². The van der Waals surface area contributed by atoms with E-state index < -0.39 is 5.60 Å². The van der Waals surface area contributed by atoms with Crippen LogP contribution in [0.15, 0.2) is 0 Å². The maximum atomic E-state index is 9.75. The summed E-state index contributed by atoms with van der Waals surface area (Å²) in [6, 6.07) is 0.185. The van der Waals surface area contributed by atoms with Gasteiger partial charge in [0.1, 0.15) is 0 Å². The van der Waals surface area contributed by atoms with E-state index in [0.29, 0.717) is 0 Å². The number of hydrogen-bond acceptors (Lipinski definition) is 2. The van der Waals surface area contributed by atoms with Crippen LogP contribution < -0.4 is 5.32 Å². The van der Waals surface area contributed by atoms with Crippen molar-refractivity contribution in [1.29, 1.82) is 0 Å². The van der Waals surface area contributed by atoms with Crippen molar-refractivity contribution in [3.05, 3.63) is 0 Å². The molecule has 0 bridgehead atoms. The molecule has 0 saturated heterocycles. The van der Waals surface area contributed by atoms with Crippen LogP contribution in [0.4, 0.5) is 0 Å². The van der Waals surface area contributed by atoms with Crippen LogP contribution in [-0.4, -0.2) is 23.3 Å². The van der Waals surface area contributed by atoms with E-state index in [1.807, 2.05) is 13.8 Å². The van der Waals surface area contributed by atoms with Gasteiger partial charge in [0.05, 0.1) is 5.60 Å². The second-order valence-electron chi connectivity index (χ2n) is 5.29. The van der Waals surface area contributed by atoms with Gasteiger partial charge in [0, 0.05) is 6.04 Å². The molecule has 2 heteroatoms. The summed E-state index contributed by atoms with van der Waals surface area (Å²) in [4.78, 5) is 0. The largest absolute Gasteiger partial charge is 0.389 e. The molecular formula is C12H25NO. The first-order valence-corrected chi connectivity index (χ1v) is 5.96. The molecule has 84 valence electrons. The molecule has 2 N–H and O–H groups in total. The molecule has 0 heterocycles. The average molecular weight is 199 g/mol. The molecule has 0 radical (unpaired) electrons. The van der Waals surface area contributed by atoms with Crippen molar-refractivity contribution in [2.45, 2.75) is 64.5 Å². The van der Waals surface area contributed by atoms with E-state index in [1.54, 1.807) is 0 Å². The lowest BCUT2D eigenvalue weighted by molar-refractivity contribution is 0.0422. The molecule has 1 aliphatic carbocycles. The maximum absolute atomic E-state index is 9.75. The van der Waals surface area contributed by atoms with E-state index in [-0.39, 0.29) is 6.04 Å². The van der Waals surface area contributed by atoms with Crippen molar-refractivity contribution in [2.75, 3.05) is 6.54 Å². The molecule has 2 nitrogen and oxygen atoms in total. The highest BCUT2D eigenvalue weighted by Gasteiger charge is 2.23. The molecule has 1 unspecified atom stereocenters. The van der Waals surface area contributed by atoms with Crippen molar-refractivity contribution < 1.29 is 5.11 Å². The molecular weight excluding hydrogens is 174 g/mol. The molecule has 1 fully saturated rings. The predicted molar refractivity (Wildman–Crippen MR) is 60.3 cm³/mol. The first-order chi connectivity index (χ1) is 6.50. The minimum absolute atomic E-state index is 0.185. The highest BCUT2D eigenvalue weighted by Crippen LogP contribution is 2.23. The van der Waals surface area contributed by atoms with Crippen LogP contribution in [0.5, 0.6) is 0 Å². The second kappa shape index (κ2) is 5.13. The van der Waals surface area contributed by atoms with E-state index in [2.05, 4.69) is 12.2 Å². The number of rotatable bonds is 4. The highest BCUT2D eigenvalue weighted by atomic mass is 16.3. The van der Waals surface area contributed by atoms with Gasteiger partial charge in [0.25, 0.3) is 0 Å². The first kappa shape index (κ1) is 12.0. The van der Waals surface area contributed by atoms with Crippen molar-refractivity contribution in [3.8, 4) is 0 Å². The van der Waals surface area contributed by atoms with Crippen LogP contribution >= 0.6 is 0 Å². The van der Waals surface area contributed by atoms with E-state index in [4.69, 9.17) is 0 Å². The van der Waals surface area contributed by atoms with Gasteiger partial charge < -0.3 is 10.4 Å². The lowest BCUT2D eigenvalue weighted by Gasteiger charge is -2.30. The van der Waals surface area contributed by atoms with Gasteiger partial charge in [-0.1, -0.05) is 19.3 Å². The van der Waals surface area contributed by atoms with Crippen LogP contribution in [0.2, 0.25) is 0 Å². The van der Waals surface area contributed by atoms with Gasteiger partial charge in [0.15, 0.2) is 0 Å². The molecule has 0 amide bonds. The molecule has 0 aromatic heterocycles. The Morgan fingerprint density at radius 3 is 2.36 bits per heavy atom. The monoisotopic (exact) mass is 199 g/mol. The fourth-order valence-corrected chi connectivity index (χ4v) is 1.98. The quantitative estimate of drug-likeness (QED) is 0.728. The lowest BCUT2D eigenvalue weighted by Crippen LogP contribution is -2.46. The number of hydrogen-bond donors (Lipinski definition) is 2. The Kier molecular flexibility index (Phi) is 4.39. The molecule has 1 atom stereocenters. The molecule has 1 aliphatic rings. The summed E-state index contributed by atoms with van der Waals surface area (Å²) < 4.78 is 0. The van der Waals surface area contributed by atoms with Crippen LogP contribution in [0.1, 0.15) is 52.9 Å². The molecule has 0 spiro atoms. The second-order valence-corrected chi connectivity index (χ2v) is 5.29. The van der Waals surface area contributed by atoms with Gasteiger partial charge in [-0.3, -0.25) is 0 Å². The Morgan fingerprint density at radius 2 is 1.86 bits per heavy atom. The van der Waals surface area contributed by atoms with Gasteiger partial charge in [-0.25, -0.2) is 0 Å². The van der Waals surface area contributed by atoms with Crippen LogP contribution in [0.25, 0.3) is 0 Å². The highest BCUT2D eigenvalue weighted by molar-refractivity contribution is 4.81. The van der Waals surface area contributed by atoms with E-state index in [1.165, 1.54) is 32.1 Å². The Labute approximate surface area is 88.1 Å². The Bertz CT molecular complexity index is 156. The summed E-state index contributed by atoms with van der Waals surface area (Å²) in [5.74, 6) is 0.841. The first-order valence-electron chi connectivity index (χ1n) is 5.96. The van der Waals surface area contributed by atoms with Crippen molar-refractivity contribution in [3.63, 3.8) is 0 Å². The summed E-state index contributed by atoms with van der Waals surface area (Å²) in [6.45, 7) is 6.87. The molecule has 0 aromatic carbocycles. The zero-order valence-electron chi connectivity index (χ0n) is 9.84. The predicted octanol–water partition coefficient (Wildman–Crippen LogP) is 2.32. The standard InChI is InChI=1S/C12H25NO/c1-10(12(2,3)14)13-9-11-7-5-4-6-8-11/h10-11,13-14H,4-9H2,1-3H3. The minimum Gasteiger partial charge on any atom is -0.389 e. The van der Waals surface area contributed by atoms with Crippen LogP contribution in [0, 0.1) is 5.92 Å². The zero-order valence-corrected chi connectivity index (χ0v) is 9.84. The van der Waals surface area contributed by atoms with Crippen LogP contribution in [0.3, 0.4) is 0 Å². The Morgan fingerprint density at radius 1 is 1.29 bits per heavy atom.